The molecule has 0 bridgehead atoms. The average molecular weight is 288 g/mol. The lowest BCUT2D eigenvalue weighted by molar-refractivity contribution is 0.482. The SMILES string of the molecule is C=COc1cc(C)c(C2C=CC=C2c2ccccc2)c(C)c1. The first kappa shape index (κ1) is 14.4. The first-order valence-corrected chi connectivity index (χ1v) is 7.53. The van der Waals surface area contributed by atoms with Gasteiger partial charge in [-0.15, -0.1) is 0 Å². The molecule has 0 radical (unpaired) electrons. The Bertz CT molecular complexity index is 728. The second-order valence-corrected chi connectivity index (χ2v) is 5.61. The minimum Gasteiger partial charge on any atom is -0.466 e. The predicted molar refractivity (Wildman–Crippen MR) is 93.0 cm³/mol. The molecule has 2 aromatic rings. The van der Waals surface area contributed by atoms with Crippen LogP contribution in [0.3, 0.4) is 0 Å². The van der Waals surface area contributed by atoms with Crippen molar-refractivity contribution in [2.24, 2.45) is 0 Å². The van der Waals surface area contributed by atoms with Gasteiger partial charge in [0.25, 0.3) is 0 Å². The molecule has 0 saturated heterocycles. The zero-order valence-electron chi connectivity index (χ0n) is 13.0. The molecule has 1 heteroatoms. The highest BCUT2D eigenvalue weighted by atomic mass is 16.5. The Labute approximate surface area is 132 Å². The number of rotatable bonds is 4. The highest BCUT2D eigenvalue weighted by Gasteiger charge is 2.22. The average Bonchev–Trinajstić information content (AvgIpc) is 2.97. The van der Waals surface area contributed by atoms with Crippen LogP contribution in [0.1, 0.15) is 28.2 Å². The van der Waals surface area contributed by atoms with Gasteiger partial charge in [-0.2, -0.15) is 0 Å². The Kier molecular flexibility index (Phi) is 3.97. The van der Waals surface area contributed by atoms with E-state index in [1.165, 1.54) is 34.1 Å². The van der Waals surface area contributed by atoms with E-state index in [4.69, 9.17) is 4.74 Å². The quantitative estimate of drug-likeness (QED) is 0.669. The normalized spacial score (nSPS) is 16.5. The van der Waals surface area contributed by atoms with Crippen LogP contribution < -0.4 is 4.74 Å². The Morgan fingerprint density at radius 3 is 2.36 bits per heavy atom. The number of aryl methyl sites for hydroxylation is 2. The van der Waals surface area contributed by atoms with Gasteiger partial charge in [-0.05, 0) is 53.8 Å². The largest absolute Gasteiger partial charge is 0.466 e. The summed E-state index contributed by atoms with van der Waals surface area (Å²) in [5.41, 5.74) is 6.48. The van der Waals surface area contributed by atoms with Crippen molar-refractivity contribution in [3.8, 4) is 5.75 Å². The molecule has 1 nitrogen and oxygen atoms in total. The van der Waals surface area contributed by atoms with Crippen molar-refractivity contribution < 1.29 is 4.74 Å². The number of hydrogen-bond acceptors (Lipinski definition) is 1. The Morgan fingerprint density at radius 1 is 1.05 bits per heavy atom. The summed E-state index contributed by atoms with van der Waals surface area (Å²) in [5.74, 6) is 1.15. The molecule has 0 N–H and O–H groups in total. The van der Waals surface area contributed by atoms with Crippen molar-refractivity contribution in [1.29, 1.82) is 0 Å². The van der Waals surface area contributed by atoms with E-state index in [0.29, 0.717) is 5.92 Å². The molecular formula is C21H20O. The molecule has 1 unspecified atom stereocenters. The summed E-state index contributed by atoms with van der Waals surface area (Å²) in [6.07, 6.45) is 8.11. The number of benzene rings is 2. The zero-order valence-corrected chi connectivity index (χ0v) is 13.0. The molecule has 110 valence electrons. The maximum absolute atomic E-state index is 5.43. The summed E-state index contributed by atoms with van der Waals surface area (Å²) in [6, 6.07) is 14.7. The smallest absolute Gasteiger partial charge is 0.127 e. The Balaban J connectivity index is 2.02. The van der Waals surface area contributed by atoms with Gasteiger partial charge in [0.15, 0.2) is 0 Å². The van der Waals surface area contributed by atoms with Crippen molar-refractivity contribution >= 4 is 5.57 Å². The van der Waals surface area contributed by atoms with E-state index < -0.39 is 0 Å². The van der Waals surface area contributed by atoms with E-state index in [2.05, 4.69) is 81.1 Å². The van der Waals surface area contributed by atoms with Crippen LogP contribution in [0.25, 0.3) is 5.57 Å². The lowest BCUT2D eigenvalue weighted by atomic mass is 9.84. The molecule has 2 aromatic carbocycles. The summed E-state index contributed by atoms with van der Waals surface area (Å²) in [5, 5.41) is 0. The van der Waals surface area contributed by atoms with Crippen molar-refractivity contribution in [2.45, 2.75) is 19.8 Å². The van der Waals surface area contributed by atoms with Crippen LogP contribution in [-0.4, -0.2) is 0 Å². The van der Waals surface area contributed by atoms with Crippen LogP contribution in [0.15, 0.2) is 73.5 Å². The first-order chi connectivity index (χ1) is 10.7. The molecular weight excluding hydrogens is 268 g/mol. The van der Waals surface area contributed by atoms with Gasteiger partial charge in [0.05, 0.1) is 6.26 Å². The van der Waals surface area contributed by atoms with Crippen LogP contribution in [0, 0.1) is 13.8 Å². The minimum absolute atomic E-state index is 0.306. The number of allylic oxidation sites excluding steroid dienone is 4. The fourth-order valence-corrected chi connectivity index (χ4v) is 3.23. The summed E-state index contributed by atoms with van der Waals surface area (Å²) in [6.45, 7) is 7.92. The molecule has 0 saturated carbocycles. The van der Waals surface area contributed by atoms with E-state index >= 15 is 0 Å². The van der Waals surface area contributed by atoms with Gasteiger partial charge in [0.1, 0.15) is 5.75 Å². The summed E-state index contributed by atoms with van der Waals surface area (Å²) in [4.78, 5) is 0. The maximum Gasteiger partial charge on any atom is 0.127 e. The van der Waals surface area contributed by atoms with Gasteiger partial charge in [-0.1, -0.05) is 55.1 Å². The molecule has 1 atom stereocenters. The first-order valence-electron chi connectivity index (χ1n) is 7.53. The highest BCUT2D eigenvalue weighted by Crippen LogP contribution is 2.40. The molecule has 0 amide bonds. The van der Waals surface area contributed by atoms with E-state index in [0.717, 1.165) is 5.75 Å². The topological polar surface area (TPSA) is 9.23 Å². The molecule has 3 rings (SSSR count). The second kappa shape index (κ2) is 6.07. The van der Waals surface area contributed by atoms with E-state index in [1.54, 1.807) is 0 Å². The van der Waals surface area contributed by atoms with Crippen LogP contribution in [-0.2, 0) is 0 Å². The summed E-state index contributed by atoms with van der Waals surface area (Å²) >= 11 is 0. The van der Waals surface area contributed by atoms with Crippen LogP contribution in [0.5, 0.6) is 5.75 Å². The molecule has 0 aromatic heterocycles. The van der Waals surface area contributed by atoms with Crippen molar-refractivity contribution in [1.82, 2.24) is 0 Å². The van der Waals surface area contributed by atoms with Gasteiger partial charge in [0.2, 0.25) is 0 Å². The molecule has 22 heavy (non-hydrogen) atoms. The monoisotopic (exact) mass is 288 g/mol. The molecule has 0 aliphatic heterocycles. The predicted octanol–water partition coefficient (Wildman–Crippen LogP) is 5.56. The third-order valence-corrected chi connectivity index (χ3v) is 4.12. The Hall–Kier alpha value is -2.54. The van der Waals surface area contributed by atoms with Crippen molar-refractivity contribution in [3.63, 3.8) is 0 Å². The highest BCUT2D eigenvalue weighted by molar-refractivity contribution is 5.78. The lowest BCUT2D eigenvalue weighted by Crippen LogP contribution is -2.03. The zero-order chi connectivity index (χ0) is 15.5. The third-order valence-electron chi connectivity index (χ3n) is 4.12. The molecule has 1 aliphatic rings. The van der Waals surface area contributed by atoms with E-state index in [1.807, 2.05) is 0 Å². The maximum atomic E-state index is 5.43. The fraction of sp³-hybridized carbons (Fsp3) is 0.143. The fourth-order valence-electron chi connectivity index (χ4n) is 3.23. The van der Waals surface area contributed by atoms with Gasteiger partial charge < -0.3 is 4.74 Å². The van der Waals surface area contributed by atoms with Crippen molar-refractivity contribution in [3.05, 3.63) is 95.8 Å². The van der Waals surface area contributed by atoms with Crippen LogP contribution in [0.2, 0.25) is 0 Å². The van der Waals surface area contributed by atoms with E-state index in [-0.39, 0.29) is 0 Å². The summed E-state index contributed by atoms with van der Waals surface area (Å²) in [7, 11) is 0. The van der Waals surface area contributed by atoms with Gasteiger partial charge in [-0.3, -0.25) is 0 Å². The molecule has 0 fully saturated rings. The standard InChI is InChI=1S/C21H20O/c1-4-22-18-13-15(2)21(16(3)14-18)20-12-8-11-19(20)17-9-6-5-7-10-17/h4-14,20H,1H2,2-3H3. The van der Waals surface area contributed by atoms with Crippen LogP contribution in [0.4, 0.5) is 0 Å². The minimum atomic E-state index is 0.306. The van der Waals surface area contributed by atoms with Gasteiger partial charge in [-0.25, -0.2) is 0 Å². The molecule has 0 spiro atoms. The summed E-state index contributed by atoms with van der Waals surface area (Å²) < 4.78 is 5.43. The van der Waals surface area contributed by atoms with Gasteiger partial charge >= 0.3 is 0 Å². The van der Waals surface area contributed by atoms with E-state index in [9.17, 15) is 0 Å². The van der Waals surface area contributed by atoms with Crippen molar-refractivity contribution in [2.75, 3.05) is 0 Å². The lowest BCUT2D eigenvalue weighted by Gasteiger charge is -2.20. The number of hydrogen-bond donors (Lipinski definition) is 0. The molecule has 1 aliphatic carbocycles. The second-order valence-electron chi connectivity index (χ2n) is 5.61. The third kappa shape index (κ3) is 2.62. The molecule has 0 heterocycles. The number of ether oxygens (including phenoxy) is 1. The Morgan fingerprint density at radius 2 is 1.73 bits per heavy atom. The van der Waals surface area contributed by atoms with Gasteiger partial charge in [0, 0.05) is 5.92 Å². The van der Waals surface area contributed by atoms with Crippen LogP contribution >= 0.6 is 0 Å².